The average Bonchev–Trinajstić information content (AvgIpc) is 3.41. The number of fused-ring (bicyclic) bond motifs is 1. The molecule has 2 aromatic heterocycles. The minimum atomic E-state index is -2.75. The second kappa shape index (κ2) is 13.0. The molecule has 1 saturated heterocycles. The number of halogens is 2. The van der Waals surface area contributed by atoms with Gasteiger partial charge in [-0.25, -0.2) is 13.8 Å². The highest BCUT2D eigenvalue weighted by molar-refractivity contribution is 5.78. The highest BCUT2D eigenvalue weighted by atomic mass is 19.3. The molecule has 3 N–H and O–H groups in total. The summed E-state index contributed by atoms with van der Waals surface area (Å²) in [4.78, 5) is 15.8. The number of alkyl halides is 2. The molecule has 0 spiro atoms. The maximum atomic E-state index is 14.1. The summed E-state index contributed by atoms with van der Waals surface area (Å²) in [5, 5.41) is 18.0. The highest BCUT2D eigenvalue weighted by Crippen LogP contribution is 2.30. The summed E-state index contributed by atoms with van der Waals surface area (Å²) >= 11 is 0. The summed E-state index contributed by atoms with van der Waals surface area (Å²) in [6.07, 6.45) is 2.89. The van der Waals surface area contributed by atoms with Crippen molar-refractivity contribution in [2.24, 2.45) is 5.92 Å². The number of nitrogens with zero attached hydrogens (tertiary/aromatic N) is 5. The largest absolute Gasteiger partial charge is 0.388 e. The summed E-state index contributed by atoms with van der Waals surface area (Å²) in [7, 11) is 0. The SMILES string of the molecule is CCC(O)(CC)C(C)NC1CCC(CNc2nc(N3CCOCC3)cc(-n3c(C(F)F)nc4ccccc43)n2)CC1. The number of rotatable bonds is 11. The monoisotopic (exact) mass is 571 g/mol. The van der Waals surface area contributed by atoms with E-state index >= 15 is 0 Å². The van der Waals surface area contributed by atoms with E-state index in [9.17, 15) is 13.9 Å². The van der Waals surface area contributed by atoms with Gasteiger partial charge in [0.1, 0.15) is 11.6 Å². The Hall–Kier alpha value is -2.89. The van der Waals surface area contributed by atoms with Crippen LogP contribution in [0.1, 0.15) is 71.5 Å². The third kappa shape index (κ3) is 6.62. The van der Waals surface area contributed by atoms with Crippen molar-refractivity contribution in [3.8, 4) is 5.82 Å². The van der Waals surface area contributed by atoms with Crippen molar-refractivity contribution in [2.45, 2.75) is 83.4 Å². The van der Waals surface area contributed by atoms with Crippen LogP contribution in [0.4, 0.5) is 20.5 Å². The van der Waals surface area contributed by atoms with Crippen LogP contribution in [0.2, 0.25) is 0 Å². The van der Waals surface area contributed by atoms with E-state index in [-0.39, 0.29) is 11.9 Å². The lowest BCUT2D eigenvalue weighted by molar-refractivity contribution is -0.00566. The van der Waals surface area contributed by atoms with E-state index in [1.165, 1.54) is 4.57 Å². The van der Waals surface area contributed by atoms with Crippen molar-refractivity contribution in [1.29, 1.82) is 0 Å². The van der Waals surface area contributed by atoms with Crippen molar-refractivity contribution in [1.82, 2.24) is 24.8 Å². The Morgan fingerprint density at radius 2 is 1.71 bits per heavy atom. The van der Waals surface area contributed by atoms with Crippen molar-refractivity contribution < 1.29 is 18.6 Å². The first-order valence-corrected chi connectivity index (χ1v) is 15.0. The van der Waals surface area contributed by atoms with Crippen LogP contribution in [0.25, 0.3) is 16.9 Å². The Kier molecular flexibility index (Phi) is 9.35. The molecule has 0 bridgehead atoms. The van der Waals surface area contributed by atoms with Gasteiger partial charge in [-0.3, -0.25) is 4.57 Å². The van der Waals surface area contributed by atoms with Crippen molar-refractivity contribution in [2.75, 3.05) is 43.1 Å². The Labute approximate surface area is 240 Å². The molecule has 3 aromatic rings. The van der Waals surface area contributed by atoms with Crippen molar-refractivity contribution in [3.63, 3.8) is 0 Å². The summed E-state index contributed by atoms with van der Waals surface area (Å²) in [5.41, 5.74) is 0.405. The zero-order chi connectivity index (χ0) is 29.0. The quantitative estimate of drug-likeness (QED) is 0.293. The number of anilines is 2. The first-order valence-electron chi connectivity index (χ1n) is 15.0. The fourth-order valence-corrected chi connectivity index (χ4v) is 6.14. The van der Waals surface area contributed by atoms with Gasteiger partial charge >= 0.3 is 0 Å². The molecule has 11 heteroatoms. The van der Waals surface area contributed by atoms with E-state index in [1.54, 1.807) is 24.3 Å². The van der Waals surface area contributed by atoms with E-state index < -0.39 is 12.0 Å². The fourth-order valence-electron chi connectivity index (χ4n) is 6.14. The van der Waals surface area contributed by atoms with Crippen LogP contribution in [0.15, 0.2) is 30.3 Å². The van der Waals surface area contributed by atoms with Crippen molar-refractivity contribution in [3.05, 3.63) is 36.2 Å². The van der Waals surface area contributed by atoms with Gasteiger partial charge in [0.25, 0.3) is 6.43 Å². The molecule has 9 nitrogen and oxygen atoms in total. The molecule has 224 valence electrons. The van der Waals surface area contributed by atoms with Crippen LogP contribution in [0.3, 0.4) is 0 Å². The zero-order valence-corrected chi connectivity index (χ0v) is 24.3. The Bertz CT molecular complexity index is 1290. The van der Waals surface area contributed by atoms with Gasteiger partial charge in [-0.1, -0.05) is 26.0 Å². The summed E-state index contributed by atoms with van der Waals surface area (Å²) < 4.78 is 35.2. The second-order valence-corrected chi connectivity index (χ2v) is 11.4. The molecule has 0 radical (unpaired) electrons. The molecule has 1 unspecified atom stereocenters. The van der Waals surface area contributed by atoms with Gasteiger partial charge in [0, 0.05) is 37.8 Å². The van der Waals surface area contributed by atoms with E-state index in [1.807, 2.05) is 19.9 Å². The van der Waals surface area contributed by atoms with Crippen LogP contribution in [0, 0.1) is 5.92 Å². The standard InChI is InChI=1S/C30H43F2N7O2/c1-4-30(40,5-2)20(3)34-22-12-10-21(11-13-22)19-33-29-36-25(38-14-16-41-17-15-38)18-26(37-29)39-24-9-7-6-8-23(24)35-28(39)27(31)32/h6-9,18,20-22,27,34,40H,4-5,10-17,19H2,1-3H3,(H,33,36,37). The number of imidazole rings is 1. The molecule has 1 aliphatic heterocycles. The van der Waals surface area contributed by atoms with Gasteiger partial charge in [0.05, 0.1) is 29.8 Å². The average molecular weight is 572 g/mol. The molecule has 1 atom stereocenters. The van der Waals surface area contributed by atoms with Crippen LogP contribution in [-0.2, 0) is 4.74 Å². The van der Waals surface area contributed by atoms with Crippen LogP contribution in [-0.4, -0.2) is 75.2 Å². The lowest BCUT2D eigenvalue weighted by Crippen LogP contribution is -2.52. The number of hydrogen-bond acceptors (Lipinski definition) is 8. The number of benzene rings is 1. The lowest BCUT2D eigenvalue weighted by atomic mass is 9.83. The minimum Gasteiger partial charge on any atom is -0.388 e. The van der Waals surface area contributed by atoms with E-state index in [0.717, 1.165) is 38.5 Å². The van der Waals surface area contributed by atoms with Gasteiger partial charge < -0.3 is 25.4 Å². The molecule has 0 amide bonds. The van der Waals surface area contributed by atoms with Gasteiger partial charge in [0.2, 0.25) is 5.95 Å². The predicted molar refractivity (Wildman–Crippen MR) is 157 cm³/mol. The second-order valence-electron chi connectivity index (χ2n) is 11.4. The summed E-state index contributed by atoms with van der Waals surface area (Å²) in [6, 6.07) is 9.33. The molecule has 2 aliphatic rings. The fraction of sp³-hybridized carbons (Fsp3) is 0.633. The molecule has 41 heavy (non-hydrogen) atoms. The molecule has 2 fully saturated rings. The lowest BCUT2D eigenvalue weighted by Gasteiger charge is -2.38. The van der Waals surface area contributed by atoms with Crippen molar-refractivity contribution >= 4 is 22.8 Å². The Balaban J connectivity index is 1.32. The van der Waals surface area contributed by atoms with Crippen LogP contribution >= 0.6 is 0 Å². The van der Waals surface area contributed by atoms with Gasteiger partial charge in [-0.15, -0.1) is 0 Å². The molecule has 5 rings (SSSR count). The number of ether oxygens (including phenoxy) is 1. The molecule has 1 saturated carbocycles. The van der Waals surface area contributed by atoms with E-state index in [2.05, 4.69) is 27.4 Å². The van der Waals surface area contributed by atoms with E-state index in [4.69, 9.17) is 14.7 Å². The first-order chi connectivity index (χ1) is 19.8. The van der Waals surface area contributed by atoms with Gasteiger partial charge in [-0.05, 0) is 63.5 Å². The summed E-state index contributed by atoms with van der Waals surface area (Å²) in [6.45, 7) is 9.37. The number of morpholine rings is 1. The number of aromatic nitrogens is 4. The Morgan fingerprint density at radius 3 is 2.39 bits per heavy atom. The maximum Gasteiger partial charge on any atom is 0.296 e. The molecule has 3 heterocycles. The molecular formula is C30H43F2N7O2. The Morgan fingerprint density at radius 1 is 1.02 bits per heavy atom. The van der Waals surface area contributed by atoms with Crippen LogP contribution < -0.4 is 15.5 Å². The number of hydrogen-bond donors (Lipinski definition) is 3. The topological polar surface area (TPSA) is 100 Å². The summed E-state index contributed by atoms with van der Waals surface area (Å²) in [5.74, 6) is 1.59. The van der Waals surface area contributed by atoms with E-state index in [0.29, 0.717) is 73.4 Å². The minimum absolute atomic E-state index is 0.0457. The van der Waals surface area contributed by atoms with Crippen LogP contribution in [0.5, 0.6) is 0 Å². The van der Waals surface area contributed by atoms with Gasteiger partial charge in [0.15, 0.2) is 5.82 Å². The first kappa shape index (κ1) is 29.6. The third-order valence-electron chi connectivity index (χ3n) is 8.96. The third-order valence-corrected chi connectivity index (χ3v) is 8.96. The zero-order valence-electron chi connectivity index (χ0n) is 24.3. The number of aliphatic hydroxyl groups is 1. The maximum absolute atomic E-state index is 14.1. The smallest absolute Gasteiger partial charge is 0.296 e. The predicted octanol–water partition coefficient (Wildman–Crippen LogP) is 5.09. The number of nitrogens with one attached hydrogen (secondary N) is 2. The van der Waals surface area contributed by atoms with Gasteiger partial charge in [-0.2, -0.15) is 9.97 Å². The highest BCUT2D eigenvalue weighted by Gasteiger charge is 2.32. The molecule has 1 aliphatic carbocycles. The molecule has 1 aromatic carbocycles. The number of para-hydroxylation sites is 2. The molecular weight excluding hydrogens is 528 g/mol. The normalized spacial score (nSPS) is 21.0.